The molecule has 0 radical (unpaired) electrons. The van der Waals surface area contributed by atoms with Crippen LogP contribution in [-0.4, -0.2) is 8.76 Å². The van der Waals surface area contributed by atoms with Crippen molar-refractivity contribution in [2.45, 2.75) is 18.4 Å². The summed E-state index contributed by atoms with van der Waals surface area (Å²) in [7, 11) is 0. The van der Waals surface area contributed by atoms with Crippen molar-refractivity contribution in [3.63, 3.8) is 0 Å². The Morgan fingerprint density at radius 2 is 2.21 bits per heavy atom. The molecular weight excluding hydrogens is 270 g/mol. The molecule has 7 nitrogen and oxygen atoms in total. The molecule has 1 atom stereocenters. The molecule has 98 valence electrons. The number of aryl methyl sites for hydroxylation is 1. The van der Waals surface area contributed by atoms with Crippen molar-refractivity contribution in [3.8, 4) is 0 Å². The van der Waals surface area contributed by atoms with E-state index in [0.29, 0.717) is 22.1 Å². The molecule has 1 aromatic heterocycles. The average Bonchev–Trinajstić information content (AvgIpc) is 2.34. The first kappa shape index (κ1) is 13.3. The van der Waals surface area contributed by atoms with E-state index < -0.39 is 16.7 Å². The summed E-state index contributed by atoms with van der Waals surface area (Å²) in [4.78, 5) is 14.2. The average molecular weight is 279 g/mol. The van der Waals surface area contributed by atoms with Crippen LogP contribution in [-0.2, 0) is 17.6 Å². The Hall–Kier alpha value is -2.15. The van der Waals surface area contributed by atoms with Gasteiger partial charge in [0.15, 0.2) is 11.1 Å². The fourth-order valence-corrected chi connectivity index (χ4v) is 2.33. The fraction of sp³-hybridized carbons (Fsp3) is 0.182. The largest absolute Gasteiger partial charge is 0.423 e. The molecule has 1 unspecified atom stereocenters. The second-order valence-electron chi connectivity index (χ2n) is 3.84. The van der Waals surface area contributed by atoms with Gasteiger partial charge in [0.05, 0.1) is 11.4 Å². The number of azide groups is 1. The van der Waals surface area contributed by atoms with Crippen molar-refractivity contribution in [2.24, 2.45) is 5.11 Å². The van der Waals surface area contributed by atoms with Crippen LogP contribution in [0.25, 0.3) is 21.4 Å². The monoisotopic (exact) mass is 279 g/mol. The topological polar surface area (TPSA) is 116 Å². The molecule has 0 spiro atoms. The number of hydrogen-bond acceptors (Lipinski definition) is 4. The van der Waals surface area contributed by atoms with Gasteiger partial charge in [-0.25, -0.2) is 9.00 Å². The molecule has 0 bridgehead atoms. The smallest absolute Gasteiger partial charge is 0.336 e. The SMILES string of the molecule is Cc1cc2oc(=O)cc(CN=[N+]=[N-])c2cc1S(=O)O. The van der Waals surface area contributed by atoms with E-state index in [2.05, 4.69) is 10.0 Å². The Kier molecular flexibility index (Phi) is 3.66. The molecule has 0 aliphatic carbocycles. The van der Waals surface area contributed by atoms with Gasteiger partial charge in [0.25, 0.3) is 0 Å². The first-order valence-electron chi connectivity index (χ1n) is 5.22. The zero-order valence-corrected chi connectivity index (χ0v) is 10.7. The lowest BCUT2D eigenvalue weighted by Gasteiger charge is -2.06. The van der Waals surface area contributed by atoms with Crippen LogP contribution in [0.15, 0.2) is 37.4 Å². The van der Waals surface area contributed by atoms with Gasteiger partial charge >= 0.3 is 5.63 Å². The highest BCUT2D eigenvalue weighted by Gasteiger charge is 2.11. The highest BCUT2D eigenvalue weighted by Crippen LogP contribution is 2.24. The summed E-state index contributed by atoms with van der Waals surface area (Å²) in [6, 6.07) is 4.18. The van der Waals surface area contributed by atoms with E-state index in [1.807, 2.05) is 0 Å². The molecule has 1 aromatic carbocycles. The molecule has 19 heavy (non-hydrogen) atoms. The third kappa shape index (κ3) is 2.65. The second-order valence-corrected chi connectivity index (χ2v) is 4.78. The van der Waals surface area contributed by atoms with E-state index in [1.54, 1.807) is 6.92 Å². The minimum absolute atomic E-state index is 0.0286. The van der Waals surface area contributed by atoms with E-state index in [4.69, 9.17) is 9.95 Å². The van der Waals surface area contributed by atoms with Crippen molar-refractivity contribution in [3.05, 3.63) is 50.2 Å². The summed E-state index contributed by atoms with van der Waals surface area (Å²) in [5.74, 6) is 0. The first-order valence-corrected chi connectivity index (χ1v) is 6.32. The molecule has 8 heteroatoms. The highest BCUT2D eigenvalue weighted by atomic mass is 32.2. The molecule has 0 saturated carbocycles. The van der Waals surface area contributed by atoms with E-state index >= 15 is 0 Å². The predicted octanol–water partition coefficient (Wildman–Crippen LogP) is 2.49. The predicted molar refractivity (Wildman–Crippen MR) is 69.1 cm³/mol. The Morgan fingerprint density at radius 1 is 1.47 bits per heavy atom. The van der Waals surface area contributed by atoms with Crippen LogP contribution in [0.5, 0.6) is 0 Å². The molecule has 0 amide bonds. The van der Waals surface area contributed by atoms with Crippen LogP contribution in [0.1, 0.15) is 11.1 Å². The molecule has 0 fully saturated rings. The summed E-state index contributed by atoms with van der Waals surface area (Å²) >= 11 is -2.14. The van der Waals surface area contributed by atoms with Gasteiger partial charge in [0.1, 0.15) is 5.58 Å². The van der Waals surface area contributed by atoms with Crippen molar-refractivity contribution in [1.29, 1.82) is 0 Å². The van der Waals surface area contributed by atoms with Gasteiger partial charge in [-0.2, -0.15) is 0 Å². The standard InChI is InChI=1S/C11H9N3O4S/c1-6-2-9-8(4-10(6)19(16)17)7(5-13-14-12)3-11(15)18-9/h2-4H,5H2,1H3,(H,16,17). The number of rotatable bonds is 3. The van der Waals surface area contributed by atoms with Crippen LogP contribution in [0.2, 0.25) is 0 Å². The molecule has 0 aliphatic heterocycles. The van der Waals surface area contributed by atoms with E-state index in [9.17, 15) is 13.6 Å². The lowest BCUT2D eigenvalue weighted by Crippen LogP contribution is -2.02. The Balaban J connectivity index is 2.80. The molecule has 1 heterocycles. The lowest BCUT2D eigenvalue weighted by atomic mass is 10.1. The van der Waals surface area contributed by atoms with Crippen LogP contribution >= 0.6 is 0 Å². The minimum Gasteiger partial charge on any atom is -0.423 e. The Morgan fingerprint density at radius 3 is 2.84 bits per heavy atom. The third-order valence-electron chi connectivity index (χ3n) is 2.62. The van der Waals surface area contributed by atoms with E-state index in [1.165, 1.54) is 18.2 Å². The van der Waals surface area contributed by atoms with E-state index in [-0.39, 0.29) is 11.4 Å². The summed E-state index contributed by atoms with van der Waals surface area (Å²) in [5.41, 5.74) is 9.05. The molecule has 1 N–H and O–H groups in total. The second kappa shape index (κ2) is 5.23. The number of hydrogen-bond donors (Lipinski definition) is 1. The van der Waals surface area contributed by atoms with Gasteiger partial charge < -0.3 is 8.97 Å². The van der Waals surface area contributed by atoms with Crippen molar-refractivity contribution in [1.82, 2.24) is 0 Å². The maximum Gasteiger partial charge on any atom is 0.336 e. The normalized spacial score (nSPS) is 12.1. The molecule has 2 rings (SSSR count). The molecule has 0 aliphatic rings. The maximum absolute atomic E-state index is 11.4. The van der Waals surface area contributed by atoms with Crippen molar-refractivity contribution in [2.75, 3.05) is 0 Å². The van der Waals surface area contributed by atoms with Crippen molar-refractivity contribution < 1.29 is 13.2 Å². The fourth-order valence-electron chi connectivity index (χ4n) is 1.78. The van der Waals surface area contributed by atoms with Crippen LogP contribution < -0.4 is 5.63 Å². The Bertz CT molecular complexity index is 777. The van der Waals surface area contributed by atoms with Gasteiger partial charge in [0, 0.05) is 16.4 Å². The lowest BCUT2D eigenvalue weighted by molar-refractivity contribution is 0.556. The highest BCUT2D eigenvalue weighted by molar-refractivity contribution is 7.79. The summed E-state index contributed by atoms with van der Waals surface area (Å²) in [5, 5.41) is 3.87. The van der Waals surface area contributed by atoms with Crippen molar-refractivity contribution >= 4 is 22.0 Å². The van der Waals surface area contributed by atoms with E-state index in [0.717, 1.165) is 0 Å². The number of fused-ring (bicyclic) bond motifs is 1. The van der Waals surface area contributed by atoms with Gasteiger partial charge in [-0.3, -0.25) is 0 Å². The van der Waals surface area contributed by atoms with Gasteiger partial charge in [0.2, 0.25) is 0 Å². The van der Waals surface area contributed by atoms with Gasteiger partial charge in [-0.05, 0) is 35.7 Å². The third-order valence-corrected chi connectivity index (χ3v) is 3.43. The summed E-state index contributed by atoms with van der Waals surface area (Å²) in [6.07, 6.45) is 0. The Labute approximate surface area is 109 Å². The molecule has 0 saturated heterocycles. The van der Waals surface area contributed by atoms with Gasteiger partial charge in [-0.1, -0.05) is 5.11 Å². The maximum atomic E-state index is 11.4. The zero-order chi connectivity index (χ0) is 14.0. The molecular formula is C11H9N3O4S. The quantitative estimate of drug-likeness (QED) is 0.305. The summed E-state index contributed by atoms with van der Waals surface area (Å²) in [6.45, 7) is 1.61. The summed E-state index contributed by atoms with van der Waals surface area (Å²) < 4.78 is 25.4. The minimum atomic E-state index is -2.14. The number of nitrogens with zero attached hydrogens (tertiary/aromatic N) is 3. The number of benzene rings is 1. The van der Waals surface area contributed by atoms with Gasteiger partial charge in [-0.15, -0.1) is 0 Å². The van der Waals surface area contributed by atoms with Crippen LogP contribution in [0.3, 0.4) is 0 Å². The molecule has 2 aromatic rings. The zero-order valence-electron chi connectivity index (χ0n) is 9.86. The van der Waals surface area contributed by atoms with Crippen LogP contribution in [0.4, 0.5) is 0 Å². The first-order chi connectivity index (χ1) is 9.02. The van der Waals surface area contributed by atoms with Crippen LogP contribution in [0, 0.1) is 6.92 Å².